The molecule has 0 radical (unpaired) electrons. The molecule has 106 valence electrons. The molecule has 18 heavy (non-hydrogen) atoms. The number of ether oxygens (including phenoxy) is 2. The van der Waals surface area contributed by atoms with Crippen LogP contribution in [0, 0.1) is 11.3 Å². The maximum absolute atomic E-state index is 11.9. The minimum Gasteiger partial charge on any atom is -0.469 e. The molecule has 0 saturated heterocycles. The quantitative estimate of drug-likeness (QED) is 0.628. The molecule has 4 nitrogen and oxygen atoms in total. The normalized spacial score (nSPS) is 12.9. The second-order valence-electron chi connectivity index (χ2n) is 5.23. The van der Waals surface area contributed by atoms with Crippen LogP contribution in [0.4, 0.5) is 0 Å². The zero-order chi connectivity index (χ0) is 14.2. The van der Waals surface area contributed by atoms with Crippen molar-refractivity contribution in [2.45, 2.75) is 53.4 Å². The van der Waals surface area contributed by atoms with Crippen LogP contribution in [0.25, 0.3) is 0 Å². The first kappa shape index (κ1) is 16.9. The Hall–Kier alpha value is -1.06. The monoisotopic (exact) mass is 258 g/mol. The molecule has 1 unspecified atom stereocenters. The lowest BCUT2D eigenvalue weighted by molar-refractivity contribution is -0.161. The van der Waals surface area contributed by atoms with Gasteiger partial charge in [0.25, 0.3) is 0 Å². The average Bonchev–Trinajstić information content (AvgIpc) is 2.36. The van der Waals surface area contributed by atoms with Crippen molar-refractivity contribution >= 4 is 11.9 Å². The lowest BCUT2D eigenvalue weighted by Crippen LogP contribution is -2.33. The van der Waals surface area contributed by atoms with Gasteiger partial charge in [-0.15, -0.1) is 0 Å². The Morgan fingerprint density at radius 3 is 2.28 bits per heavy atom. The van der Waals surface area contributed by atoms with E-state index in [0.29, 0.717) is 0 Å². The number of methoxy groups -OCH3 is 1. The molecule has 0 amide bonds. The number of carbonyl (C=O) groups excluding carboxylic acids is 2. The highest BCUT2D eigenvalue weighted by Crippen LogP contribution is 2.20. The van der Waals surface area contributed by atoms with Gasteiger partial charge < -0.3 is 9.47 Å². The predicted molar refractivity (Wildman–Crippen MR) is 70.1 cm³/mol. The third-order valence-electron chi connectivity index (χ3n) is 3.05. The highest BCUT2D eigenvalue weighted by Gasteiger charge is 2.31. The standard InChI is InChI=1S/C14H26O4/c1-6-8-9-11(7-2)12(15)18-10-14(3,4)13(16)17-5/h11H,6-10H2,1-5H3. The molecule has 0 rings (SSSR count). The fraction of sp³-hybridized carbons (Fsp3) is 0.857. The van der Waals surface area contributed by atoms with E-state index in [9.17, 15) is 9.59 Å². The van der Waals surface area contributed by atoms with E-state index in [0.717, 1.165) is 25.7 Å². The highest BCUT2D eigenvalue weighted by molar-refractivity contribution is 5.77. The van der Waals surface area contributed by atoms with Crippen LogP contribution >= 0.6 is 0 Å². The van der Waals surface area contributed by atoms with Gasteiger partial charge in [0, 0.05) is 0 Å². The maximum atomic E-state index is 11.9. The summed E-state index contributed by atoms with van der Waals surface area (Å²) >= 11 is 0. The van der Waals surface area contributed by atoms with Gasteiger partial charge in [-0.05, 0) is 26.7 Å². The average molecular weight is 258 g/mol. The van der Waals surface area contributed by atoms with Crippen molar-refractivity contribution in [1.29, 1.82) is 0 Å². The molecule has 0 aliphatic carbocycles. The van der Waals surface area contributed by atoms with Crippen LogP contribution in [0.3, 0.4) is 0 Å². The molecule has 0 aromatic heterocycles. The molecule has 0 aromatic carbocycles. The van der Waals surface area contributed by atoms with Crippen LogP contribution in [0.1, 0.15) is 53.4 Å². The van der Waals surface area contributed by atoms with Crippen LogP contribution in [-0.4, -0.2) is 25.7 Å². The summed E-state index contributed by atoms with van der Waals surface area (Å²) in [7, 11) is 1.34. The Bertz CT molecular complexity index is 271. The molecule has 0 saturated carbocycles. The SMILES string of the molecule is CCCCC(CC)C(=O)OCC(C)(C)C(=O)OC. The molecule has 0 bridgehead atoms. The van der Waals surface area contributed by atoms with Crippen LogP contribution < -0.4 is 0 Å². The number of hydrogen-bond acceptors (Lipinski definition) is 4. The second kappa shape index (κ2) is 8.11. The van der Waals surface area contributed by atoms with Gasteiger partial charge in [-0.2, -0.15) is 0 Å². The molecular weight excluding hydrogens is 232 g/mol. The van der Waals surface area contributed by atoms with E-state index in [4.69, 9.17) is 4.74 Å². The van der Waals surface area contributed by atoms with Gasteiger partial charge in [0.05, 0.1) is 18.4 Å². The molecule has 0 aliphatic rings. The van der Waals surface area contributed by atoms with Crippen LogP contribution in [-0.2, 0) is 19.1 Å². The smallest absolute Gasteiger partial charge is 0.314 e. The van der Waals surface area contributed by atoms with Crippen molar-refractivity contribution in [3.05, 3.63) is 0 Å². The fourth-order valence-electron chi connectivity index (χ4n) is 1.64. The van der Waals surface area contributed by atoms with Crippen LogP contribution in [0.15, 0.2) is 0 Å². The molecule has 0 heterocycles. The molecule has 4 heteroatoms. The lowest BCUT2D eigenvalue weighted by Gasteiger charge is -2.22. The second-order valence-corrected chi connectivity index (χ2v) is 5.23. The Morgan fingerprint density at radius 2 is 1.83 bits per heavy atom. The number of hydrogen-bond donors (Lipinski definition) is 0. The number of unbranched alkanes of at least 4 members (excludes halogenated alkanes) is 1. The Labute approximate surface area is 110 Å². The minimum absolute atomic E-state index is 0.0570. The molecule has 0 spiro atoms. The largest absolute Gasteiger partial charge is 0.469 e. The van der Waals surface area contributed by atoms with Crippen LogP contribution in [0.2, 0.25) is 0 Å². The van der Waals surface area contributed by atoms with Gasteiger partial charge in [0.1, 0.15) is 6.61 Å². The first-order valence-electron chi connectivity index (χ1n) is 6.64. The van der Waals surface area contributed by atoms with E-state index >= 15 is 0 Å². The van der Waals surface area contributed by atoms with Crippen LogP contribution in [0.5, 0.6) is 0 Å². The third-order valence-corrected chi connectivity index (χ3v) is 3.05. The first-order valence-corrected chi connectivity index (χ1v) is 6.64. The Balaban J connectivity index is 4.26. The highest BCUT2D eigenvalue weighted by atomic mass is 16.5. The summed E-state index contributed by atoms with van der Waals surface area (Å²) in [6, 6.07) is 0. The number of rotatable bonds is 8. The fourth-order valence-corrected chi connectivity index (χ4v) is 1.64. The van der Waals surface area contributed by atoms with E-state index in [1.54, 1.807) is 13.8 Å². The molecule has 0 aliphatic heterocycles. The molecule has 0 aromatic rings. The summed E-state index contributed by atoms with van der Waals surface area (Å²) in [4.78, 5) is 23.3. The summed E-state index contributed by atoms with van der Waals surface area (Å²) in [6.45, 7) is 7.56. The zero-order valence-corrected chi connectivity index (χ0v) is 12.2. The van der Waals surface area contributed by atoms with Crippen molar-refractivity contribution in [2.75, 3.05) is 13.7 Å². The molecule has 0 fully saturated rings. The van der Waals surface area contributed by atoms with Crippen molar-refractivity contribution in [1.82, 2.24) is 0 Å². The van der Waals surface area contributed by atoms with Gasteiger partial charge in [-0.1, -0.05) is 26.7 Å². The molecule has 0 N–H and O–H groups in total. The lowest BCUT2D eigenvalue weighted by atomic mass is 9.95. The Kier molecular flexibility index (Phi) is 7.64. The van der Waals surface area contributed by atoms with Gasteiger partial charge >= 0.3 is 11.9 Å². The van der Waals surface area contributed by atoms with Gasteiger partial charge in [0.15, 0.2) is 0 Å². The summed E-state index contributed by atoms with van der Waals surface area (Å²) in [5.74, 6) is -0.627. The van der Waals surface area contributed by atoms with Gasteiger partial charge in [0.2, 0.25) is 0 Å². The van der Waals surface area contributed by atoms with E-state index in [1.165, 1.54) is 7.11 Å². The maximum Gasteiger partial charge on any atom is 0.314 e. The van der Waals surface area contributed by atoms with Crippen molar-refractivity contribution in [3.8, 4) is 0 Å². The summed E-state index contributed by atoms with van der Waals surface area (Å²) < 4.78 is 9.91. The predicted octanol–water partition coefficient (Wildman–Crippen LogP) is 2.95. The van der Waals surface area contributed by atoms with E-state index < -0.39 is 5.41 Å². The summed E-state index contributed by atoms with van der Waals surface area (Å²) in [6.07, 6.45) is 3.72. The summed E-state index contributed by atoms with van der Waals surface area (Å²) in [5, 5.41) is 0. The van der Waals surface area contributed by atoms with Crippen molar-refractivity contribution < 1.29 is 19.1 Å². The number of esters is 2. The number of carbonyl (C=O) groups is 2. The van der Waals surface area contributed by atoms with Gasteiger partial charge in [-0.3, -0.25) is 9.59 Å². The van der Waals surface area contributed by atoms with E-state index in [1.807, 2.05) is 6.92 Å². The van der Waals surface area contributed by atoms with E-state index in [-0.39, 0.29) is 24.5 Å². The van der Waals surface area contributed by atoms with Crippen molar-refractivity contribution in [3.63, 3.8) is 0 Å². The first-order chi connectivity index (χ1) is 8.38. The molecule has 1 atom stereocenters. The topological polar surface area (TPSA) is 52.6 Å². The molecular formula is C14H26O4. The third kappa shape index (κ3) is 5.52. The van der Waals surface area contributed by atoms with Crippen molar-refractivity contribution in [2.24, 2.45) is 11.3 Å². The summed E-state index contributed by atoms with van der Waals surface area (Å²) in [5.41, 5.74) is -0.784. The van der Waals surface area contributed by atoms with E-state index in [2.05, 4.69) is 11.7 Å². The minimum atomic E-state index is -0.784. The van der Waals surface area contributed by atoms with Gasteiger partial charge in [-0.25, -0.2) is 0 Å². The zero-order valence-electron chi connectivity index (χ0n) is 12.2. The Morgan fingerprint density at radius 1 is 1.22 bits per heavy atom.